The fourth-order valence-electron chi connectivity index (χ4n) is 1.74. The van der Waals surface area contributed by atoms with Crippen LogP contribution in [-0.2, 0) is 10.0 Å². The lowest BCUT2D eigenvalue weighted by atomic mass is 10.2. The van der Waals surface area contributed by atoms with Gasteiger partial charge >= 0.3 is 0 Å². The number of benzene rings is 1. The number of hydrogen-bond donors (Lipinski definition) is 2. The molecule has 5 nitrogen and oxygen atoms in total. The molecule has 0 spiro atoms. The highest BCUT2D eigenvalue weighted by Crippen LogP contribution is 2.17. The van der Waals surface area contributed by atoms with E-state index in [0.29, 0.717) is 24.0 Å². The Bertz CT molecular complexity index is 576. The zero-order valence-electron chi connectivity index (χ0n) is 11.0. The minimum atomic E-state index is -3.64. The third-order valence-corrected chi connectivity index (χ3v) is 4.49. The molecule has 0 heterocycles. The third kappa shape index (κ3) is 4.31. The molecule has 6 heteroatoms. The van der Waals surface area contributed by atoms with Crippen molar-refractivity contribution in [2.24, 2.45) is 0 Å². The van der Waals surface area contributed by atoms with Gasteiger partial charge in [-0.05, 0) is 44.4 Å². The molecule has 0 saturated heterocycles. The first-order valence-corrected chi connectivity index (χ1v) is 7.53. The van der Waals surface area contributed by atoms with E-state index < -0.39 is 10.0 Å². The smallest absolute Gasteiger partial charge is 0.241 e. The van der Waals surface area contributed by atoms with E-state index in [-0.39, 0.29) is 17.5 Å². The maximum absolute atomic E-state index is 12.2. The number of nitrogens with zero attached hydrogens (tertiary/aromatic N) is 1. The molecule has 0 saturated carbocycles. The minimum Gasteiger partial charge on any atom is -0.396 e. The highest BCUT2D eigenvalue weighted by molar-refractivity contribution is 7.89. The summed E-state index contributed by atoms with van der Waals surface area (Å²) in [4.78, 5) is 0.127. The molecule has 1 atom stereocenters. The molecule has 1 aromatic rings. The first-order valence-electron chi connectivity index (χ1n) is 6.04. The Morgan fingerprint density at radius 3 is 2.74 bits per heavy atom. The van der Waals surface area contributed by atoms with Crippen molar-refractivity contribution in [3.63, 3.8) is 0 Å². The van der Waals surface area contributed by atoms with Crippen molar-refractivity contribution in [1.29, 1.82) is 5.26 Å². The van der Waals surface area contributed by atoms with Crippen LogP contribution in [-0.4, -0.2) is 26.2 Å². The Kier molecular flexibility index (Phi) is 5.48. The average Bonchev–Trinajstić information content (AvgIpc) is 2.36. The first-order chi connectivity index (χ1) is 8.90. The molecule has 1 unspecified atom stereocenters. The van der Waals surface area contributed by atoms with Gasteiger partial charge in [0.2, 0.25) is 10.0 Å². The van der Waals surface area contributed by atoms with Crippen molar-refractivity contribution < 1.29 is 13.5 Å². The highest BCUT2D eigenvalue weighted by atomic mass is 32.2. The molecule has 0 aromatic heterocycles. The molecule has 0 aliphatic heterocycles. The molecular weight excluding hydrogens is 264 g/mol. The van der Waals surface area contributed by atoms with E-state index in [2.05, 4.69) is 4.72 Å². The van der Waals surface area contributed by atoms with Gasteiger partial charge in [-0.3, -0.25) is 0 Å². The molecule has 0 aliphatic rings. The zero-order valence-corrected chi connectivity index (χ0v) is 11.9. The quantitative estimate of drug-likeness (QED) is 0.823. The molecule has 0 radical (unpaired) electrons. The molecule has 1 rings (SSSR count). The zero-order chi connectivity index (χ0) is 14.5. The predicted molar refractivity (Wildman–Crippen MR) is 72.0 cm³/mol. The van der Waals surface area contributed by atoms with Crippen LogP contribution < -0.4 is 4.72 Å². The topological polar surface area (TPSA) is 90.2 Å². The standard InChI is InChI=1S/C13H18N2O3S/c1-10-5-6-12(9-14)8-13(10)19(17,18)15-11(2)4-3-7-16/h5-6,8,11,15-16H,3-4,7H2,1-2H3. The van der Waals surface area contributed by atoms with Gasteiger partial charge in [0.05, 0.1) is 16.5 Å². The first kappa shape index (κ1) is 15.6. The van der Waals surface area contributed by atoms with E-state index in [1.54, 1.807) is 26.0 Å². The number of aliphatic hydroxyl groups excluding tert-OH is 1. The second-order valence-electron chi connectivity index (χ2n) is 4.48. The number of aryl methyl sites for hydroxylation is 1. The summed E-state index contributed by atoms with van der Waals surface area (Å²) in [6, 6.07) is 6.24. The van der Waals surface area contributed by atoms with Crippen LogP contribution in [0.5, 0.6) is 0 Å². The lowest BCUT2D eigenvalue weighted by Gasteiger charge is -2.15. The Morgan fingerprint density at radius 1 is 1.47 bits per heavy atom. The Labute approximate surface area is 113 Å². The lowest BCUT2D eigenvalue weighted by molar-refractivity contribution is 0.279. The number of aliphatic hydroxyl groups is 1. The Morgan fingerprint density at radius 2 is 2.16 bits per heavy atom. The molecule has 1 aromatic carbocycles. The van der Waals surface area contributed by atoms with E-state index in [1.807, 2.05) is 6.07 Å². The van der Waals surface area contributed by atoms with E-state index in [9.17, 15) is 8.42 Å². The summed E-state index contributed by atoms with van der Waals surface area (Å²) in [5.41, 5.74) is 0.912. The fourth-order valence-corrected chi connectivity index (χ4v) is 3.29. The van der Waals surface area contributed by atoms with Gasteiger partial charge in [-0.1, -0.05) is 6.07 Å². The van der Waals surface area contributed by atoms with E-state index in [0.717, 1.165) is 0 Å². The highest BCUT2D eigenvalue weighted by Gasteiger charge is 2.19. The van der Waals surface area contributed by atoms with Crippen LogP contribution in [0.3, 0.4) is 0 Å². The molecule has 0 bridgehead atoms. The van der Waals surface area contributed by atoms with Crippen molar-refractivity contribution in [1.82, 2.24) is 4.72 Å². The summed E-state index contributed by atoms with van der Waals surface area (Å²) in [6.45, 7) is 3.47. The summed E-state index contributed by atoms with van der Waals surface area (Å²) in [7, 11) is -3.64. The summed E-state index contributed by atoms with van der Waals surface area (Å²) < 4.78 is 27.0. The molecule has 2 N–H and O–H groups in total. The second-order valence-corrected chi connectivity index (χ2v) is 6.16. The Hall–Kier alpha value is -1.42. The predicted octanol–water partition coefficient (Wildman–Crippen LogP) is 1.31. The van der Waals surface area contributed by atoms with Crippen LogP contribution in [0.25, 0.3) is 0 Å². The van der Waals surface area contributed by atoms with Crippen LogP contribution in [0.2, 0.25) is 0 Å². The SMILES string of the molecule is Cc1ccc(C#N)cc1S(=O)(=O)NC(C)CCCO. The van der Waals surface area contributed by atoms with Crippen molar-refractivity contribution in [3.05, 3.63) is 29.3 Å². The maximum atomic E-state index is 12.2. The monoisotopic (exact) mass is 282 g/mol. The molecule has 19 heavy (non-hydrogen) atoms. The molecule has 0 fully saturated rings. The molecule has 0 amide bonds. The van der Waals surface area contributed by atoms with Crippen molar-refractivity contribution in [2.75, 3.05) is 6.61 Å². The van der Waals surface area contributed by atoms with Gasteiger partial charge in [-0.15, -0.1) is 0 Å². The van der Waals surface area contributed by atoms with Gasteiger partial charge in [0.1, 0.15) is 0 Å². The Balaban J connectivity index is 2.97. The average molecular weight is 282 g/mol. The molecule has 104 valence electrons. The normalized spacial score (nSPS) is 12.9. The number of nitrogens with one attached hydrogen (secondary N) is 1. The van der Waals surface area contributed by atoms with Gasteiger partial charge in [0.15, 0.2) is 0 Å². The summed E-state index contributed by atoms with van der Waals surface area (Å²) >= 11 is 0. The third-order valence-electron chi connectivity index (χ3n) is 2.76. The van der Waals surface area contributed by atoms with E-state index >= 15 is 0 Å². The lowest BCUT2D eigenvalue weighted by Crippen LogP contribution is -2.33. The fraction of sp³-hybridized carbons (Fsp3) is 0.462. The van der Waals surface area contributed by atoms with Gasteiger partial charge in [-0.25, -0.2) is 13.1 Å². The molecule has 0 aliphatic carbocycles. The van der Waals surface area contributed by atoms with Gasteiger partial charge in [0, 0.05) is 12.6 Å². The largest absolute Gasteiger partial charge is 0.396 e. The van der Waals surface area contributed by atoms with Crippen LogP contribution in [0, 0.1) is 18.3 Å². The maximum Gasteiger partial charge on any atom is 0.241 e. The van der Waals surface area contributed by atoms with Crippen LogP contribution >= 0.6 is 0 Å². The van der Waals surface area contributed by atoms with Gasteiger partial charge in [0.25, 0.3) is 0 Å². The van der Waals surface area contributed by atoms with E-state index in [4.69, 9.17) is 10.4 Å². The van der Waals surface area contributed by atoms with Crippen molar-refractivity contribution in [3.8, 4) is 6.07 Å². The van der Waals surface area contributed by atoms with Gasteiger partial charge < -0.3 is 5.11 Å². The second kappa shape index (κ2) is 6.66. The summed E-state index contributed by atoms with van der Waals surface area (Å²) in [5.74, 6) is 0. The van der Waals surface area contributed by atoms with Crippen molar-refractivity contribution >= 4 is 10.0 Å². The number of rotatable bonds is 6. The van der Waals surface area contributed by atoms with Crippen LogP contribution in [0.1, 0.15) is 30.9 Å². The molecular formula is C13H18N2O3S. The van der Waals surface area contributed by atoms with Gasteiger partial charge in [-0.2, -0.15) is 5.26 Å². The number of sulfonamides is 1. The number of nitriles is 1. The van der Waals surface area contributed by atoms with E-state index in [1.165, 1.54) is 6.07 Å². The van der Waals surface area contributed by atoms with Crippen molar-refractivity contribution in [2.45, 2.75) is 37.6 Å². The number of hydrogen-bond acceptors (Lipinski definition) is 4. The summed E-state index contributed by atoms with van der Waals surface area (Å²) in [6.07, 6.45) is 1.10. The van der Waals surface area contributed by atoms with Crippen LogP contribution in [0.4, 0.5) is 0 Å². The van der Waals surface area contributed by atoms with Crippen LogP contribution in [0.15, 0.2) is 23.1 Å². The summed E-state index contributed by atoms with van der Waals surface area (Å²) in [5, 5.41) is 17.6. The minimum absolute atomic E-state index is 0.0367.